The molecule has 0 bridgehead atoms. The van der Waals surface area contributed by atoms with E-state index < -0.39 is 0 Å². The number of nitrogens with two attached hydrogens (primary N) is 1. The Morgan fingerprint density at radius 2 is 2.12 bits per heavy atom. The highest BCUT2D eigenvalue weighted by molar-refractivity contribution is 7.99. The molecular formula is C14H22N2S. The molecule has 1 aromatic rings. The van der Waals surface area contributed by atoms with Crippen molar-refractivity contribution in [1.82, 2.24) is 5.32 Å². The normalized spacial score (nSPS) is 24.6. The Balaban J connectivity index is 2.00. The maximum absolute atomic E-state index is 6.17. The smallest absolute Gasteiger partial charge is 0.0344 e. The molecule has 0 amide bonds. The lowest BCUT2D eigenvalue weighted by Crippen LogP contribution is -2.31. The molecule has 3 N–H and O–H groups in total. The largest absolute Gasteiger partial charge is 0.324 e. The molecule has 1 aliphatic rings. The van der Waals surface area contributed by atoms with E-state index >= 15 is 0 Å². The van der Waals surface area contributed by atoms with Crippen molar-refractivity contribution in [3.8, 4) is 0 Å². The predicted molar refractivity (Wildman–Crippen MR) is 76.3 cm³/mol. The highest BCUT2D eigenvalue weighted by Crippen LogP contribution is 2.37. The highest BCUT2D eigenvalue weighted by atomic mass is 32.2. The van der Waals surface area contributed by atoms with Gasteiger partial charge in [-0.15, -0.1) is 0 Å². The molecular weight excluding hydrogens is 228 g/mol. The second-order valence-corrected chi connectivity index (χ2v) is 6.07. The Bertz CT molecular complexity index is 367. The maximum Gasteiger partial charge on any atom is 0.0344 e. The van der Waals surface area contributed by atoms with Gasteiger partial charge in [0.1, 0.15) is 0 Å². The summed E-state index contributed by atoms with van der Waals surface area (Å²) in [6.07, 6.45) is 1.03. The Labute approximate surface area is 108 Å². The van der Waals surface area contributed by atoms with Crippen LogP contribution in [-0.2, 0) is 0 Å². The quantitative estimate of drug-likeness (QED) is 0.844. The van der Waals surface area contributed by atoms with Gasteiger partial charge in [-0.05, 0) is 30.2 Å². The van der Waals surface area contributed by atoms with Gasteiger partial charge >= 0.3 is 0 Å². The van der Waals surface area contributed by atoms with E-state index in [-0.39, 0.29) is 6.04 Å². The van der Waals surface area contributed by atoms with Gasteiger partial charge < -0.3 is 11.1 Å². The standard InChI is InChI=1S/C14H22N2S/c1-3-17-9-10(2)16-14-8-13(15)11-6-4-5-7-12(11)14/h4-7,10,13-14,16H,3,8-9,15H2,1-2H3. The van der Waals surface area contributed by atoms with Crippen LogP contribution in [0.25, 0.3) is 0 Å². The van der Waals surface area contributed by atoms with Crippen LogP contribution in [0.5, 0.6) is 0 Å². The third kappa shape index (κ3) is 3.03. The topological polar surface area (TPSA) is 38.0 Å². The molecule has 0 fully saturated rings. The summed E-state index contributed by atoms with van der Waals surface area (Å²) < 4.78 is 0. The first kappa shape index (κ1) is 12.9. The fraction of sp³-hybridized carbons (Fsp3) is 0.571. The summed E-state index contributed by atoms with van der Waals surface area (Å²) in [6.45, 7) is 4.47. The van der Waals surface area contributed by atoms with Crippen molar-refractivity contribution in [3.05, 3.63) is 35.4 Å². The van der Waals surface area contributed by atoms with E-state index in [4.69, 9.17) is 5.73 Å². The van der Waals surface area contributed by atoms with Crippen LogP contribution in [-0.4, -0.2) is 17.5 Å². The van der Waals surface area contributed by atoms with Gasteiger partial charge in [0, 0.05) is 23.9 Å². The third-order valence-electron chi connectivity index (χ3n) is 3.32. The minimum absolute atomic E-state index is 0.203. The molecule has 3 unspecified atom stereocenters. The summed E-state index contributed by atoms with van der Waals surface area (Å²) in [6, 6.07) is 9.74. The molecule has 3 atom stereocenters. The van der Waals surface area contributed by atoms with Crippen LogP contribution in [0.4, 0.5) is 0 Å². The lowest BCUT2D eigenvalue weighted by atomic mass is 10.1. The molecule has 2 nitrogen and oxygen atoms in total. The average molecular weight is 250 g/mol. The van der Waals surface area contributed by atoms with E-state index in [9.17, 15) is 0 Å². The maximum atomic E-state index is 6.17. The molecule has 3 heteroatoms. The summed E-state index contributed by atoms with van der Waals surface area (Å²) in [7, 11) is 0. The number of benzene rings is 1. The van der Waals surface area contributed by atoms with Crippen molar-refractivity contribution < 1.29 is 0 Å². The minimum atomic E-state index is 0.203. The van der Waals surface area contributed by atoms with Gasteiger partial charge in [-0.3, -0.25) is 0 Å². The fourth-order valence-electron chi connectivity index (χ4n) is 2.52. The molecule has 94 valence electrons. The van der Waals surface area contributed by atoms with Gasteiger partial charge in [-0.25, -0.2) is 0 Å². The number of fused-ring (bicyclic) bond motifs is 1. The van der Waals surface area contributed by atoms with Gasteiger partial charge in [0.15, 0.2) is 0 Å². The van der Waals surface area contributed by atoms with Gasteiger partial charge in [0.05, 0.1) is 0 Å². The molecule has 2 rings (SSSR count). The molecule has 0 aromatic heterocycles. The van der Waals surface area contributed by atoms with E-state index in [0.717, 1.165) is 6.42 Å². The number of hydrogen-bond donors (Lipinski definition) is 2. The molecule has 0 saturated heterocycles. The Kier molecular flexibility index (Phi) is 4.48. The van der Waals surface area contributed by atoms with Crippen molar-refractivity contribution in [2.45, 2.75) is 38.4 Å². The Hall–Kier alpha value is -0.510. The second kappa shape index (κ2) is 5.89. The predicted octanol–water partition coefficient (Wildman–Crippen LogP) is 2.86. The molecule has 0 radical (unpaired) electrons. The summed E-state index contributed by atoms with van der Waals surface area (Å²) in [5, 5.41) is 3.70. The molecule has 17 heavy (non-hydrogen) atoms. The van der Waals surface area contributed by atoms with Crippen LogP contribution >= 0.6 is 11.8 Å². The monoisotopic (exact) mass is 250 g/mol. The second-order valence-electron chi connectivity index (χ2n) is 4.75. The van der Waals surface area contributed by atoms with E-state index in [0.29, 0.717) is 12.1 Å². The molecule has 1 aromatic carbocycles. The van der Waals surface area contributed by atoms with Crippen LogP contribution < -0.4 is 11.1 Å². The molecule has 0 heterocycles. The lowest BCUT2D eigenvalue weighted by molar-refractivity contribution is 0.458. The summed E-state index contributed by atoms with van der Waals surface area (Å²) in [5.74, 6) is 2.36. The van der Waals surface area contributed by atoms with Gasteiger partial charge in [0.25, 0.3) is 0 Å². The van der Waals surface area contributed by atoms with Crippen molar-refractivity contribution in [2.24, 2.45) is 5.73 Å². The SMILES string of the molecule is CCSCC(C)NC1CC(N)c2ccccc21. The zero-order chi connectivity index (χ0) is 12.3. The first-order valence-corrected chi connectivity index (χ1v) is 7.56. The zero-order valence-corrected chi connectivity index (χ0v) is 11.5. The van der Waals surface area contributed by atoms with Crippen molar-refractivity contribution in [1.29, 1.82) is 0 Å². The number of hydrogen-bond acceptors (Lipinski definition) is 3. The molecule has 0 aliphatic heterocycles. The zero-order valence-electron chi connectivity index (χ0n) is 10.6. The van der Waals surface area contributed by atoms with Crippen molar-refractivity contribution in [2.75, 3.05) is 11.5 Å². The molecule has 0 spiro atoms. The van der Waals surface area contributed by atoms with E-state index in [1.165, 1.54) is 22.6 Å². The molecule has 1 aliphatic carbocycles. The van der Waals surface area contributed by atoms with Crippen LogP contribution in [0, 0.1) is 0 Å². The van der Waals surface area contributed by atoms with Crippen LogP contribution in [0.1, 0.15) is 43.5 Å². The third-order valence-corrected chi connectivity index (χ3v) is 4.46. The van der Waals surface area contributed by atoms with Gasteiger partial charge in [-0.2, -0.15) is 11.8 Å². The Morgan fingerprint density at radius 3 is 2.82 bits per heavy atom. The van der Waals surface area contributed by atoms with Gasteiger partial charge in [0.2, 0.25) is 0 Å². The highest BCUT2D eigenvalue weighted by Gasteiger charge is 2.28. The van der Waals surface area contributed by atoms with Crippen molar-refractivity contribution >= 4 is 11.8 Å². The van der Waals surface area contributed by atoms with Crippen LogP contribution in [0.15, 0.2) is 24.3 Å². The summed E-state index contributed by atoms with van der Waals surface area (Å²) >= 11 is 1.99. The van der Waals surface area contributed by atoms with E-state index in [1.54, 1.807) is 0 Å². The number of thioether (sulfide) groups is 1. The number of rotatable bonds is 5. The number of nitrogens with one attached hydrogen (secondary N) is 1. The van der Waals surface area contributed by atoms with E-state index in [2.05, 4.69) is 43.4 Å². The van der Waals surface area contributed by atoms with Crippen LogP contribution in [0.3, 0.4) is 0 Å². The van der Waals surface area contributed by atoms with Gasteiger partial charge in [-0.1, -0.05) is 31.2 Å². The van der Waals surface area contributed by atoms with Crippen molar-refractivity contribution in [3.63, 3.8) is 0 Å². The minimum Gasteiger partial charge on any atom is -0.324 e. The summed E-state index contributed by atoms with van der Waals surface area (Å²) in [5.41, 5.74) is 8.88. The first-order chi connectivity index (χ1) is 8.22. The van der Waals surface area contributed by atoms with E-state index in [1.807, 2.05) is 11.8 Å². The Morgan fingerprint density at radius 1 is 1.41 bits per heavy atom. The fourth-order valence-corrected chi connectivity index (χ4v) is 3.20. The summed E-state index contributed by atoms with van der Waals surface area (Å²) in [4.78, 5) is 0. The first-order valence-electron chi connectivity index (χ1n) is 6.40. The lowest BCUT2D eigenvalue weighted by Gasteiger charge is -2.20. The van der Waals surface area contributed by atoms with Crippen LogP contribution in [0.2, 0.25) is 0 Å². The molecule has 0 saturated carbocycles. The average Bonchev–Trinajstić information content (AvgIpc) is 2.65.